The predicted molar refractivity (Wildman–Crippen MR) is 61.6 cm³/mol. The highest BCUT2D eigenvalue weighted by molar-refractivity contribution is 9.10. The van der Waals surface area contributed by atoms with Crippen LogP contribution in [0.4, 0.5) is 5.82 Å². The maximum absolute atomic E-state index is 5.74. The summed E-state index contributed by atoms with van der Waals surface area (Å²) in [5.41, 5.74) is 5.69. The van der Waals surface area contributed by atoms with Gasteiger partial charge >= 0.3 is 0 Å². The van der Waals surface area contributed by atoms with Gasteiger partial charge in [-0.25, -0.2) is 9.97 Å². The van der Waals surface area contributed by atoms with E-state index in [2.05, 4.69) is 25.9 Å². The maximum atomic E-state index is 5.74. The molecule has 2 N–H and O–H groups in total. The van der Waals surface area contributed by atoms with Gasteiger partial charge in [-0.2, -0.15) is 0 Å². The number of nitrogens with two attached hydrogens (primary N) is 1. The molecule has 1 fully saturated rings. The van der Waals surface area contributed by atoms with Crippen LogP contribution in [0.15, 0.2) is 10.8 Å². The van der Waals surface area contributed by atoms with Crippen molar-refractivity contribution in [3.05, 3.63) is 10.8 Å². The lowest BCUT2D eigenvalue weighted by atomic mass is 9.98. The quantitative estimate of drug-likeness (QED) is 0.898. The van der Waals surface area contributed by atoms with E-state index in [4.69, 9.17) is 10.5 Å². The summed E-state index contributed by atoms with van der Waals surface area (Å²) >= 11 is 3.25. The Labute approximate surface area is 97.4 Å². The number of hydrogen-bond acceptors (Lipinski definition) is 4. The number of aromatic nitrogens is 2. The van der Waals surface area contributed by atoms with E-state index in [1.165, 1.54) is 19.3 Å². The monoisotopic (exact) mass is 271 g/mol. The van der Waals surface area contributed by atoms with Gasteiger partial charge in [0.15, 0.2) is 5.82 Å². The molecule has 1 aromatic heterocycles. The standard InChI is InChI=1S/C10H14BrN3O/c11-8-6-13-9(12)10(14-8)15-7-4-2-1-3-5-7/h6-7H,1-5H2,(H2,12,13). The van der Waals surface area contributed by atoms with E-state index in [0.717, 1.165) is 12.8 Å². The van der Waals surface area contributed by atoms with Gasteiger partial charge in [-0.15, -0.1) is 0 Å². The van der Waals surface area contributed by atoms with Crippen molar-refractivity contribution >= 4 is 21.7 Å². The summed E-state index contributed by atoms with van der Waals surface area (Å²) in [6, 6.07) is 0. The molecule has 0 amide bonds. The van der Waals surface area contributed by atoms with Gasteiger partial charge in [0, 0.05) is 0 Å². The van der Waals surface area contributed by atoms with Gasteiger partial charge in [-0.05, 0) is 41.6 Å². The third-order valence-electron chi connectivity index (χ3n) is 2.57. The number of nitrogens with zero attached hydrogens (tertiary/aromatic N) is 2. The SMILES string of the molecule is Nc1ncc(Br)nc1OC1CCCCC1. The van der Waals surface area contributed by atoms with Crippen LogP contribution in [0.25, 0.3) is 0 Å². The topological polar surface area (TPSA) is 61.0 Å². The minimum atomic E-state index is 0.254. The third-order valence-corrected chi connectivity index (χ3v) is 2.95. The lowest BCUT2D eigenvalue weighted by Gasteiger charge is -2.22. The van der Waals surface area contributed by atoms with Gasteiger partial charge in [-0.3, -0.25) is 0 Å². The zero-order valence-corrected chi connectivity index (χ0v) is 10.0. The van der Waals surface area contributed by atoms with Gasteiger partial charge in [-0.1, -0.05) is 6.42 Å². The maximum Gasteiger partial charge on any atom is 0.258 e. The molecule has 5 heteroatoms. The number of hydrogen-bond donors (Lipinski definition) is 1. The second-order valence-electron chi connectivity index (χ2n) is 3.76. The van der Waals surface area contributed by atoms with E-state index < -0.39 is 0 Å². The van der Waals surface area contributed by atoms with Crippen molar-refractivity contribution in [2.45, 2.75) is 38.2 Å². The fourth-order valence-electron chi connectivity index (χ4n) is 1.79. The van der Waals surface area contributed by atoms with Crippen LogP contribution in [0.3, 0.4) is 0 Å². The molecule has 4 nitrogen and oxygen atoms in total. The predicted octanol–water partition coefficient (Wildman–Crippen LogP) is 2.53. The lowest BCUT2D eigenvalue weighted by Crippen LogP contribution is -2.21. The average molecular weight is 272 g/mol. The molecular formula is C10H14BrN3O. The molecule has 1 aliphatic rings. The van der Waals surface area contributed by atoms with Crippen molar-refractivity contribution in [1.29, 1.82) is 0 Å². The van der Waals surface area contributed by atoms with E-state index in [-0.39, 0.29) is 6.10 Å². The lowest BCUT2D eigenvalue weighted by molar-refractivity contribution is 0.149. The molecule has 0 radical (unpaired) electrons. The van der Waals surface area contributed by atoms with Crippen molar-refractivity contribution < 1.29 is 4.74 Å². The Morgan fingerprint density at radius 1 is 1.33 bits per heavy atom. The molecule has 2 rings (SSSR count). The first-order chi connectivity index (χ1) is 7.25. The second-order valence-corrected chi connectivity index (χ2v) is 4.57. The fourth-order valence-corrected chi connectivity index (χ4v) is 2.05. The Morgan fingerprint density at radius 3 is 2.80 bits per heavy atom. The van der Waals surface area contributed by atoms with E-state index in [1.54, 1.807) is 6.20 Å². The molecule has 0 aromatic carbocycles. The number of ether oxygens (including phenoxy) is 1. The number of halogens is 1. The van der Waals surface area contributed by atoms with Crippen molar-refractivity contribution in [1.82, 2.24) is 9.97 Å². The van der Waals surface area contributed by atoms with Crippen molar-refractivity contribution in [3.8, 4) is 5.88 Å². The zero-order chi connectivity index (χ0) is 10.7. The van der Waals surface area contributed by atoms with Crippen LogP contribution in [0, 0.1) is 0 Å². The highest BCUT2D eigenvalue weighted by Gasteiger charge is 2.17. The summed E-state index contributed by atoms with van der Waals surface area (Å²) in [6.07, 6.45) is 7.77. The number of anilines is 1. The number of rotatable bonds is 2. The first-order valence-corrected chi connectivity index (χ1v) is 5.99. The molecule has 1 saturated carbocycles. The van der Waals surface area contributed by atoms with Crippen LogP contribution in [-0.2, 0) is 0 Å². The molecule has 0 atom stereocenters. The molecule has 0 saturated heterocycles. The molecular weight excluding hydrogens is 258 g/mol. The first-order valence-electron chi connectivity index (χ1n) is 5.20. The van der Waals surface area contributed by atoms with Crippen LogP contribution in [0.1, 0.15) is 32.1 Å². The van der Waals surface area contributed by atoms with E-state index in [0.29, 0.717) is 16.3 Å². The minimum absolute atomic E-state index is 0.254. The molecule has 0 spiro atoms. The molecule has 1 aliphatic carbocycles. The van der Waals surface area contributed by atoms with Crippen LogP contribution in [0.2, 0.25) is 0 Å². The second kappa shape index (κ2) is 4.79. The first kappa shape index (κ1) is 10.7. The number of nitrogen functional groups attached to an aromatic ring is 1. The smallest absolute Gasteiger partial charge is 0.258 e. The molecule has 0 bridgehead atoms. The van der Waals surface area contributed by atoms with Gasteiger partial charge in [0.25, 0.3) is 5.88 Å². The molecule has 82 valence electrons. The summed E-state index contributed by atoms with van der Waals surface area (Å²) in [5.74, 6) is 0.819. The molecule has 0 unspecified atom stereocenters. The average Bonchev–Trinajstić information content (AvgIpc) is 2.25. The van der Waals surface area contributed by atoms with E-state index in [1.807, 2.05) is 0 Å². The van der Waals surface area contributed by atoms with Gasteiger partial charge in [0.2, 0.25) is 0 Å². The molecule has 1 heterocycles. The Bertz CT molecular complexity index is 339. The van der Waals surface area contributed by atoms with Crippen LogP contribution in [0.5, 0.6) is 5.88 Å². The van der Waals surface area contributed by atoms with Crippen molar-refractivity contribution in [2.75, 3.05) is 5.73 Å². The van der Waals surface area contributed by atoms with E-state index in [9.17, 15) is 0 Å². The minimum Gasteiger partial charge on any atom is -0.472 e. The Morgan fingerprint density at radius 2 is 2.07 bits per heavy atom. The highest BCUT2D eigenvalue weighted by atomic mass is 79.9. The normalized spacial score (nSPS) is 17.7. The highest BCUT2D eigenvalue weighted by Crippen LogP contribution is 2.25. The van der Waals surface area contributed by atoms with Crippen LogP contribution >= 0.6 is 15.9 Å². The van der Waals surface area contributed by atoms with E-state index >= 15 is 0 Å². The van der Waals surface area contributed by atoms with Crippen LogP contribution in [-0.4, -0.2) is 16.1 Å². The van der Waals surface area contributed by atoms with Crippen molar-refractivity contribution in [2.24, 2.45) is 0 Å². The van der Waals surface area contributed by atoms with Crippen molar-refractivity contribution in [3.63, 3.8) is 0 Å². The fraction of sp³-hybridized carbons (Fsp3) is 0.600. The van der Waals surface area contributed by atoms with Crippen LogP contribution < -0.4 is 10.5 Å². The summed E-state index contributed by atoms with van der Waals surface area (Å²) < 4.78 is 6.39. The van der Waals surface area contributed by atoms with Gasteiger partial charge in [0.05, 0.1) is 6.20 Å². The largest absolute Gasteiger partial charge is 0.472 e. The molecule has 1 aromatic rings. The summed E-state index contributed by atoms with van der Waals surface area (Å²) in [5, 5.41) is 0. The van der Waals surface area contributed by atoms with Gasteiger partial charge in [0.1, 0.15) is 10.7 Å². The zero-order valence-electron chi connectivity index (χ0n) is 8.45. The molecule has 15 heavy (non-hydrogen) atoms. The van der Waals surface area contributed by atoms with Gasteiger partial charge < -0.3 is 10.5 Å². The summed E-state index contributed by atoms with van der Waals surface area (Å²) in [4.78, 5) is 8.16. The summed E-state index contributed by atoms with van der Waals surface area (Å²) in [6.45, 7) is 0. The Kier molecular flexibility index (Phi) is 3.41. The summed E-state index contributed by atoms with van der Waals surface area (Å²) in [7, 11) is 0. The Hall–Kier alpha value is -0.840. The third kappa shape index (κ3) is 2.81. The molecule has 0 aliphatic heterocycles. The Balaban J connectivity index is 2.05.